The van der Waals surface area contributed by atoms with E-state index in [1.807, 2.05) is 25.7 Å². The SMILES string of the molecule is CC(C)(C)CC(=O)N1CCN2C[C@H]1C(=O)NC[C@H]1O[C@@H](CC(=O)N[C@H]3C[C@@H](C2=O)N(Cc2ccc(C(=O)O)cc2)C3)[C@H](O)[C@@H]1O. The molecule has 45 heavy (non-hydrogen) atoms. The second-order valence-electron chi connectivity index (χ2n) is 13.7. The van der Waals surface area contributed by atoms with E-state index < -0.39 is 60.3 Å². The Morgan fingerprint density at radius 2 is 1.67 bits per heavy atom. The maximum absolute atomic E-state index is 14.1. The minimum Gasteiger partial charge on any atom is -0.478 e. The number of hydrogen-bond donors (Lipinski definition) is 5. The number of likely N-dealkylation sites (tertiary alicyclic amines) is 1. The number of carbonyl (C=O) groups is 5. The first kappa shape index (κ1) is 32.8. The Kier molecular flexibility index (Phi) is 9.49. The number of nitrogens with zero attached hydrogens (tertiary/aromatic N) is 3. The monoisotopic (exact) mass is 629 g/mol. The van der Waals surface area contributed by atoms with Crippen LogP contribution in [0.2, 0.25) is 0 Å². The van der Waals surface area contributed by atoms with E-state index in [4.69, 9.17) is 4.74 Å². The van der Waals surface area contributed by atoms with Crippen molar-refractivity contribution < 1.29 is 44.0 Å². The summed E-state index contributed by atoms with van der Waals surface area (Å²) in [5.74, 6) is -2.38. The summed E-state index contributed by atoms with van der Waals surface area (Å²) < 4.78 is 5.80. The number of carbonyl (C=O) groups excluding carboxylic acids is 4. The third kappa shape index (κ3) is 7.46. The van der Waals surface area contributed by atoms with Gasteiger partial charge in [-0.3, -0.25) is 24.1 Å². The Balaban J connectivity index is 1.43. The van der Waals surface area contributed by atoms with Crippen LogP contribution in [0.15, 0.2) is 24.3 Å². The van der Waals surface area contributed by atoms with E-state index in [1.165, 1.54) is 17.0 Å². The lowest BCUT2D eigenvalue weighted by molar-refractivity contribution is -0.151. The lowest BCUT2D eigenvalue weighted by Crippen LogP contribution is -2.63. The van der Waals surface area contributed by atoms with Gasteiger partial charge in [-0.15, -0.1) is 0 Å². The summed E-state index contributed by atoms with van der Waals surface area (Å²) in [5, 5.41) is 36.2. The average Bonchev–Trinajstić information content (AvgIpc) is 3.48. The number of ether oxygens (including phenoxy) is 1. The van der Waals surface area contributed by atoms with Crippen molar-refractivity contribution >= 4 is 29.6 Å². The smallest absolute Gasteiger partial charge is 0.335 e. The van der Waals surface area contributed by atoms with Crippen molar-refractivity contribution in [3.63, 3.8) is 0 Å². The van der Waals surface area contributed by atoms with Gasteiger partial charge >= 0.3 is 5.97 Å². The number of aromatic carboxylic acids is 1. The largest absolute Gasteiger partial charge is 0.478 e. The fourth-order valence-electron chi connectivity index (χ4n) is 6.65. The highest BCUT2D eigenvalue weighted by Gasteiger charge is 2.47. The average molecular weight is 630 g/mol. The molecule has 0 aromatic heterocycles. The zero-order valence-corrected chi connectivity index (χ0v) is 25.8. The topological polar surface area (TPSA) is 189 Å². The molecule has 246 valence electrons. The van der Waals surface area contributed by atoms with Gasteiger partial charge in [0, 0.05) is 45.2 Å². The van der Waals surface area contributed by atoms with Crippen LogP contribution in [0.5, 0.6) is 0 Å². The van der Waals surface area contributed by atoms with Crippen LogP contribution in [0.4, 0.5) is 0 Å². The van der Waals surface area contributed by atoms with E-state index in [1.54, 1.807) is 17.0 Å². The molecule has 0 saturated carbocycles. The summed E-state index contributed by atoms with van der Waals surface area (Å²) in [5.41, 5.74) is 0.605. The summed E-state index contributed by atoms with van der Waals surface area (Å²) in [7, 11) is 0. The summed E-state index contributed by atoms with van der Waals surface area (Å²) >= 11 is 0. The van der Waals surface area contributed by atoms with Crippen LogP contribution in [0, 0.1) is 5.41 Å². The molecule has 1 aromatic carbocycles. The van der Waals surface area contributed by atoms with Gasteiger partial charge in [0.25, 0.3) is 0 Å². The Morgan fingerprint density at radius 1 is 0.978 bits per heavy atom. The molecule has 5 rings (SSSR count). The molecule has 0 unspecified atom stereocenters. The zero-order chi connectivity index (χ0) is 32.6. The first-order valence-electron chi connectivity index (χ1n) is 15.4. The van der Waals surface area contributed by atoms with E-state index in [-0.39, 0.29) is 68.2 Å². The molecule has 4 heterocycles. The molecular formula is C31H43N5O9. The Labute approximate surface area is 261 Å². The number of carboxylic acids is 1. The molecule has 5 N–H and O–H groups in total. The van der Waals surface area contributed by atoms with Crippen LogP contribution in [0.3, 0.4) is 0 Å². The van der Waals surface area contributed by atoms with Crippen LogP contribution < -0.4 is 10.6 Å². The second kappa shape index (κ2) is 13.0. The van der Waals surface area contributed by atoms with Crippen molar-refractivity contribution in [1.82, 2.24) is 25.3 Å². The normalized spacial score (nSPS) is 31.5. The van der Waals surface area contributed by atoms with Crippen LogP contribution >= 0.6 is 0 Å². The maximum atomic E-state index is 14.1. The van der Waals surface area contributed by atoms with Crippen molar-refractivity contribution in [3.8, 4) is 0 Å². The fourth-order valence-corrected chi connectivity index (χ4v) is 6.65. The summed E-state index contributed by atoms with van der Waals surface area (Å²) in [4.78, 5) is 70.4. The summed E-state index contributed by atoms with van der Waals surface area (Å²) in [6.07, 6.45) is -4.36. The van der Waals surface area contributed by atoms with Crippen LogP contribution in [0.25, 0.3) is 0 Å². The van der Waals surface area contributed by atoms with Gasteiger partial charge in [-0.1, -0.05) is 32.9 Å². The standard InChI is InChI=1S/C31H43N5O9/c1-31(2,3)12-25(38)36-9-8-34-16-21(36)28(41)32-13-23-27(40)26(39)22(45-23)11-24(37)33-19-10-20(29(34)42)35(15-19)14-17-4-6-18(7-5-17)30(43)44/h4-7,19-23,26-27,39-40H,8-16H2,1-3H3,(H,32,41)(H,33,37)(H,43,44)/t19-,20-,21-,22-,23+,26-,27+/m0/s1. The lowest BCUT2D eigenvalue weighted by atomic mass is 9.91. The van der Waals surface area contributed by atoms with Gasteiger partial charge in [0.2, 0.25) is 23.6 Å². The molecule has 4 aliphatic rings. The molecule has 4 aliphatic heterocycles. The van der Waals surface area contributed by atoms with Crippen molar-refractivity contribution in [2.75, 3.05) is 32.7 Å². The van der Waals surface area contributed by atoms with Crippen molar-refractivity contribution in [3.05, 3.63) is 35.4 Å². The van der Waals surface area contributed by atoms with Gasteiger partial charge in [-0.2, -0.15) is 0 Å². The van der Waals surface area contributed by atoms with Gasteiger partial charge < -0.3 is 40.5 Å². The van der Waals surface area contributed by atoms with Crippen molar-refractivity contribution in [2.45, 2.75) is 89.1 Å². The summed E-state index contributed by atoms with van der Waals surface area (Å²) in [6, 6.07) is 4.33. The van der Waals surface area contributed by atoms with E-state index in [0.717, 1.165) is 5.56 Å². The minimum absolute atomic E-state index is 0.0332. The Hall–Kier alpha value is -3.59. The molecule has 0 aliphatic carbocycles. The second-order valence-corrected chi connectivity index (χ2v) is 13.7. The van der Waals surface area contributed by atoms with Crippen LogP contribution in [-0.4, -0.2) is 135 Å². The maximum Gasteiger partial charge on any atom is 0.335 e. The quantitative estimate of drug-likeness (QED) is 0.274. The van der Waals surface area contributed by atoms with Crippen molar-refractivity contribution in [2.24, 2.45) is 5.41 Å². The van der Waals surface area contributed by atoms with Crippen LogP contribution in [-0.2, 0) is 30.5 Å². The van der Waals surface area contributed by atoms with E-state index in [9.17, 15) is 39.3 Å². The molecule has 1 aromatic rings. The molecule has 6 bridgehead atoms. The number of nitrogens with one attached hydrogen (secondary N) is 2. The number of carboxylic acid groups (broad SMARTS) is 1. The minimum atomic E-state index is -1.34. The Morgan fingerprint density at radius 3 is 2.33 bits per heavy atom. The molecule has 0 spiro atoms. The highest BCUT2D eigenvalue weighted by molar-refractivity contribution is 5.90. The zero-order valence-electron chi connectivity index (χ0n) is 25.8. The number of hydrogen-bond acceptors (Lipinski definition) is 9. The van der Waals surface area contributed by atoms with Gasteiger partial charge in [0.05, 0.1) is 30.7 Å². The molecule has 14 heteroatoms. The molecule has 7 atom stereocenters. The number of aliphatic hydroxyl groups excluding tert-OH is 2. The first-order valence-corrected chi connectivity index (χ1v) is 15.4. The van der Waals surface area contributed by atoms with E-state index >= 15 is 0 Å². The molecule has 0 radical (unpaired) electrons. The lowest BCUT2D eigenvalue weighted by Gasteiger charge is -2.42. The molecule has 4 saturated heterocycles. The number of piperazine rings is 1. The number of fused-ring (bicyclic) bond motifs is 6. The van der Waals surface area contributed by atoms with Gasteiger partial charge in [-0.25, -0.2) is 4.79 Å². The highest BCUT2D eigenvalue weighted by Crippen LogP contribution is 2.28. The molecule has 4 amide bonds. The third-order valence-corrected chi connectivity index (χ3v) is 8.96. The summed E-state index contributed by atoms with van der Waals surface area (Å²) in [6.45, 7) is 6.65. The molecule has 4 fully saturated rings. The van der Waals surface area contributed by atoms with Crippen LogP contribution in [0.1, 0.15) is 56.0 Å². The number of amides is 4. The van der Waals surface area contributed by atoms with Gasteiger partial charge in [0.15, 0.2) is 0 Å². The fraction of sp³-hybridized carbons (Fsp3) is 0.645. The number of benzene rings is 1. The predicted molar refractivity (Wildman–Crippen MR) is 159 cm³/mol. The number of aliphatic hydroxyl groups is 2. The Bertz CT molecular complexity index is 1320. The molecular weight excluding hydrogens is 586 g/mol. The van der Waals surface area contributed by atoms with Crippen molar-refractivity contribution in [1.29, 1.82) is 0 Å². The number of rotatable bonds is 4. The van der Waals surface area contributed by atoms with Gasteiger partial charge in [0.1, 0.15) is 24.4 Å². The van der Waals surface area contributed by atoms with E-state index in [0.29, 0.717) is 13.1 Å². The highest BCUT2D eigenvalue weighted by atomic mass is 16.5. The first-order chi connectivity index (χ1) is 21.2. The van der Waals surface area contributed by atoms with Gasteiger partial charge in [-0.05, 0) is 29.5 Å². The predicted octanol–water partition coefficient (Wildman–Crippen LogP) is -1.07. The third-order valence-electron chi connectivity index (χ3n) is 8.96. The van der Waals surface area contributed by atoms with E-state index in [2.05, 4.69) is 10.6 Å². The molecule has 14 nitrogen and oxygen atoms in total.